The summed E-state index contributed by atoms with van der Waals surface area (Å²) < 4.78 is 26.7. The third-order valence-electron chi connectivity index (χ3n) is 5.89. The second-order valence-electron chi connectivity index (χ2n) is 7.90. The number of piperidine rings is 1. The van der Waals surface area contributed by atoms with E-state index in [-0.39, 0.29) is 0 Å². The Bertz CT molecular complexity index is 842. The Morgan fingerprint density at radius 1 is 1.07 bits per heavy atom. The minimum atomic E-state index is -2.71. The summed E-state index contributed by atoms with van der Waals surface area (Å²) in [6.07, 6.45) is 8.05. The minimum Gasteiger partial charge on any atom is -0.299 e. The normalized spacial score (nSPS) is 19.1. The van der Waals surface area contributed by atoms with Crippen molar-refractivity contribution in [2.75, 3.05) is 13.1 Å². The standard InChI is InChI=1S/C20H25F2N5O/c21-19(22)17-8-18(28)27(13-25-17)12-14-4-6-26(7-5-14)11-15-9-23-20(24-10-15)16-2-1-3-16/h8-10,13-14,16,19H,1-7,11-12H2. The van der Waals surface area contributed by atoms with Gasteiger partial charge in [-0.3, -0.25) is 14.3 Å². The molecule has 2 fully saturated rings. The Balaban J connectivity index is 1.27. The molecule has 3 heterocycles. The molecule has 0 aromatic carbocycles. The summed E-state index contributed by atoms with van der Waals surface area (Å²) in [6, 6.07) is 0.938. The van der Waals surface area contributed by atoms with Gasteiger partial charge >= 0.3 is 0 Å². The third kappa shape index (κ3) is 4.43. The Morgan fingerprint density at radius 2 is 1.79 bits per heavy atom. The highest BCUT2D eigenvalue weighted by molar-refractivity contribution is 5.09. The molecule has 2 aromatic heterocycles. The number of rotatable bonds is 6. The predicted molar refractivity (Wildman–Crippen MR) is 100 cm³/mol. The number of likely N-dealkylation sites (tertiary alicyclic amines) is 1. The van der Waals surface area contributed by atoms with Crippen LogP contribution in [-0.4, -0.2) is 37.5 Å². The summed E-state index contributed by atoms with van der Waals surface area (Å²) in [5, 5.41) is 0. The first-order chi connectivity index (χ1) is 13.6. The smallest absolute Gasteiger partial charge is 0.280 e. The lowest BCUT2D eigenvalue weighted by Crippen LogP contribution is -2.36. The summed E-state index contributed by atoms with van der Waals surface area (Å²) in [4.78, 5) is 27.1. The number of hydrogen-bond donors (Lipinski definition) is 0. The fourth-order valence-electron chi connectivity index (χ4n) is 3.88. The molecule has 0 atom stereocenters. The zero-order valence-electron chi connectivity index (χ0n) is 15.8. The van der Waals surface area contributed by atoms with Crippen LogP contribution >= 0.6 is 0 Å². The molecule has 0 unspecified atom stereocenters. The van der Waals surface area contributed by atoms with E-state index in [2.05, 4.69) is 19.9 Å². The fourth-order valence-corrected chi connectivity index (χ4v) is 3.88. The molecule has 1 aliphatic carbocycles. The number of halogens is 2. The summed E-state index contributed by atoms with van der Waals surface area (Å²) >= 11 is 0. The number of nitrogens with zero attached hydrogens (tertiary/aromatic N) is 5. The third-order valence-corrected chi connectivity index (χ3v) is 5.89. The second-order valence-corrected chi connectivity index (χ2v) is 7.90. The van der Waals surface area contributed by atoms with E-state index in [4.69, 9.17) is 0 Å². The minimum absolute atomic E-state index is 0.352. The van der Waals surface area contributed by atoms with Gasteiger partial charge in [-0.25, -0.2) is 23.7 Å². The highest BCUT2D eigenvalue weighted by atomic mass is 19.3. The van der Waals surface area contributed by atoms with E-state index < -0.39 is 17.7 Å². The van der Waals surface area contributed by atoms with Crippen LogP contribution < -0.4 is 5.56 Å². The molecule has 4 rings (SSSR count). The summed E-state index contributed by atoms with van der Waals surface area (Å²) in [5.74, 6) is 1.88. The summed E-state index contributed by atoms with van der Waals surface area (Å²) in [5.41, 5.74) is 0.266. The monoisotopic (exact) mass is 389 g/mol. The van der Waals surface area contributed by atoms with Crippen LogP contribution in [0.3, 0.4) is 0 Å². The molecule has 0 amide bonds. The maximum absolute atomic E-state index is 12.6. The van der Waals surface area contributed by atoms with Gasteiger partial charge in [0.25, 0.3) is 12.0 Å². The topological polar surface area (TPSA) is 63.9 Å². The number of hydrogen-bond acceptors (Lipinski definition) is 5. The van der Waals surface area contributed by atoms with Gasteiger partial charge in [0.15, 0.2) is 0 Å². The van der Waals surface area contributed by atoms with Crippen LogP contribution in [0.5, 0.6) is 0 Å². The maximum Gasteiger partial charge on any atom is 0.280 e. The second kappa shape index (κ2) is 8.43. The molecule has 6 nitrogen and oxygen atoms in total. The van der Waals surface area contributed by atoms with Gasteiger partial charge in [-0.2, -0.15) is 0 Å². The molecule has 1 saturated heterocycles. The van der Waals surface area contributed by atoms with Crippen molar-refractivity contribution in [1.82, 2.24) is 24.4 Å². The van der Waals surface area contributed by atoms with E-state index in [1.165, 1.54) is 30.2 Å². The molecule has 8 heteroatoms. The molecule has 0 bridgehead atoms. The van der Waals surface area contributed by atoms with Crippen LogP contribution in [0.1, 0.15) is 61.5 Å². The summed E-state index contributed by atoms with van der Waals surface area (Å²) in [6.45, 7) is 3.24. The highest BCUT2D eigenvalue weighted by Crippen LogP contribution is 2.34. The Morgan fingerprint density at radius 3 is 2.36 bits per heavy atom. The van der Waals surface area contributed by atoms with Gasteiger partial charge in [0, 0.05) is 43.0 Å². The highest BCUT2D eigenvalue weighted by Gasteiger charge is 2.23. The van der Waals surface area contributed by atoms with Crippen molar-refractivity contribution < 1.29 is 8.78 Å². The average Bonchev–Trinajstić information content (AvgIpc) is 2.65. The lowest BCUT2D eigenvalue weighted by Gasteiger charge is -2.32. The van der Waals surface area contributed by atoms with Crippen molar-refractivity contribution in [1.29, 1.82) is 0 Å². The average molecular weight is 389 g/mol. The van der Waals surface area contributed by atoms with Crippen LogP contribution in [0.2, 0.25) is 0 Å². The Labute approximate surface area is 162 Å². The van der Waals surface area contributed by atoms with E-state index >= 15 is 0 Å². The molecule has 1 aliphatic heterocycles. The van der Waals surface area contributed by atoms with Gasteiger partial charge in [-0.05, 0) is 44.7 Å². The molecule has 0 N–H and O–H groups in total. The first-order valence-electron chi connectivity index (χ1n) is 9.96. The molecule has 0 radical (unpaired) electrons. The van der Waals surface area contributed by atoms with E-state index in [9.17, 15) is 13.6 Å². The first-order valence-corrected chi connectivity index (χ1v) is 9.96. The maximum atomic E-state index is 12.6. The van der Waals surface area contributed by atoms with Crippen molar-refractivity contribution in [3.05, 3.63) is 52.2 Å². The van der Waals surface area contributed by atoms with Crippen LogP contribution in [0.25, 0.3) is 0 Å². The number of aromatic nitrogens is 4. The molecule has 1 saturated carbocycles. The van der Waals surface area contributed by atoms with Gasteiger partial charge in [0.05, 0.1) is 6.33 Å². The Hall–Kier alpha value is -2.22. The number of alkyl halides is 2. The molecule has 150 valence electrons. The Kier molecular flexibility index (Phi) is 5.75. The van der Waals surface area contributed by atoms with E-state index in [1.807, 2.05) is 12.4 Å². The van der Waals surface area contributed by atoms with Crippen molar-refractivity contribution in [2.24, 2.45) is 5.92 Å². The van der Waals surface area contributed by atoms with Crippen molar-refractivity contribution in [2.45, 2.75) is 57.5 Å². The lowest BCUT2D eigenvalue weighted by molar-refractivity contribution is 0.144. The quantitative estimate of drug-likeness (QED) is 0.759. The molecule has 28 heavy (non-hydrogen) atoms. The molecule has 2 aliphatic rings. The van der Waals surface area contributed by atoms with E-state index in [1.54, 1.807) is 0 Å². The van der Waals surface area contributed by atoms with Crippen LogP contribution in [-0.2, 0) is 13.1 Å². The van der Waals surface area contributed by atoms with Crippen LogP contribution in [0, 0.1) is 5.92 Å². The zero-order chi connectivity index (χ0) is 19.5. The van der Waals surface area contributed by atoms with Crippen molar-refractivity contribution in [3.8, 4) is 0 Å². The van der Waals surface area contributed by atoms with Crippen molar-refractivity contribution >= 4 is 0 Å². The largest absolute Gasteiger partial charge is 0.299 e. The van der Waals surface area contributed by atoms with Gasteiger partial charge in [0.1, 0.15) is 11.5 Å². The van der Waals surface area contributed by atoms with Gasteiger partial charge in [-0.1, -0.05) is 6.42 Å². The predicted octanol–water partition coefficient (Wildman–Crippen LogP) is 3.15. The van der Waals surface area contributed by atoms with Crippen LogP contribution in [0.15, 0.2) is 29.6 Å². The van der Waals surface area contributed by atoms with E-state index in [0.29, 0.717) is 18.4 Å². The molecular weight excluding hydrogens is 364 g/mol. The SMILES string of the molecule is O=c1cc(C(F)F)ncn1CC1CCN(Cc2cnc(C3CCC3)nc2)CC1. The zero-order valence-corrected chi connectivity index (χ0v) is 15.8. The van der Waals surface area contributed by atoms with Crippen LogP contribution in [0.4, 0.5) is 8.78 Å². The molecule has 2 aromatic rings. The fraction of sp³-hybridized carbons (Fsp3) is 0.600. The lowest BCUT2D eigenvalue weighted by atomic mass is 9.85. The first kappa shape index (κ1) is 19.1. The molecule has 0 spiro atoms. The summed E-state index contributed by atoms with van der Waals surface area (Å²) in [7, 11) is 0. The van der Waals surface area contributed by atoms with Gasteiger partial charge in [0.2, 0.25) is 0 Å². The van der Waals surface area contributed by atoms with Crippen molar-refractivity contribution in [3.63, 3.8) is 0 Å². The van der Waals surface area contributed by atoms with Gasteiger partial charge in [-0.15, -0.1) is 0 Å². The van der Waals surface area contributed by atoms with E-state index in [0.717, 1.165) is 49.9 Å². The van der Waals surface area contributed by atoms with Gasteiger partial charge < -0.3 is 0 Å². The molecular formula is C20H25F2N5O.